The minimum absolute atomic E-state index is 0.101. The quantitative estimate of drug-likeness (QED) is 0.590. The van der Waals surface area contributed by atoms with E-state index in [4.69, 9.17) is 0 Å². The fourth-order valence-electron chi connectivity index (χ4n) is 5.06. The van der Waals surface area contributed by atoms with Gasteiger partial charge in [-0.05, 0) is 42.5 Å². The molecule has 1 N–H and O–H groups in total. The fourth-order valence-corrected chi connectivity index (χ4v) is 5.06. The lowest BCUT2D eigenvalue weighted by Gasteiger charge is -2.17. The zero-order chi connectivity index (χ0) is 22.8. The van der Waals surface area contributed by atoms with Gasteiger partial charge in [-0.15, -0.1) is 0 Å². The number of anilines is 1. The second-order valence-electron chi connectivity index (χ2n) is 9.86. The molecular formula is C24H25FN4O3. The molecule has 1 aromatic heterocycles. The fraction of sp³-hybridized carbons (Fsp3) is 0.417. The summed E-state index contributed by atoms with van der Waals surface area (Å²) >= 11 is 0. The molecule has 0 spiro atoms. The van der Waals surface area contributed by atoms with Crippen LogP contribution in [0.15, 0.2) is 42.5 Å². The van der Waals surface area contributed by atoms with E-state index in [0.717, 1.165) is 17.0 Å². The molecule has 3 amide bonds. The highest BCUT2D eigenvalue weighted by Gasteiger charge is 2.59. The van der Waals surface area contributed by atoms with Gasteiger partial charge in [0, 0.05) is 11.5 Å². The number of nitrogens with zero attached hydrogens (tertiary/aromatic N) is 3. The summed E-state index contributed by atoms with van der Waals surface area (Å²) in [5.41, 5.74) is 1.04. The molecule has 2 fully saturated rings. The standard InChI is InChI=1S/C24H25FN4O3/c1-24(2,3)17-11-18(29(27-17)16-8-6-15(25)7-9-16)26-19(30)12-28-22(31)20-13-4-5-14(10-13)21(20)23(28)32/h4-9,11,13-14,20-21H,10,12H2,1-3H3,(H,26,30). The minimum atomic E-state index is -0.476. The monoisotopic (exact) mass is 436 g/mol. The summed E-state index contributed by atoms with van der Waals surface area (Å²) in [5, 5.41) is 7.39. The summed E-state index contributed by atoms with van der Waals surface area (Å²) < 4.78 is 14.9. The molecule has 1 aliphatic heterocycles. The molecule has 1 saturated carbocycles. The van der Waals surface area contributed by atoms with Crippen LogP contribution in [0.25, 0.3) is 5.69 Å². The van der Waals surface area contributed by atoms with Crippen molar-refractivity contribution in [1.82, 2.24) is 14.7 Å². The molecule has 2 bridgehead atoms. The van der Waals surface area contributed by atoms with Crippen molar-refractivity contribution >= 4 is 23.5 Å². The van der Waals surface area contributed by atoms with Gasteiger partial charge in [-0.1, -0.05) is 32.9 Å². The normalized spacial score (nSPS) is 26.2. The number of amides is 3. The van der Waals surface area contributed by atoms with Gasteiger partial charge in [0.25, 0.3) is 0 Å². The van der Waals surface area contributed by atoms with Crippen LogP contribution in [0.1, 0.15) is 32.9 Å². The third-order valence-corrected chi connectivity index (χ3v) is 6.68. The number of likely N-dealkylation sites (tertiary alicyclic amines) is 1. The Hall–Kier alpha value is -3.29. The molecule has 7 nitrogen and oxygen atoms in total. The summed E-state index contributed by atoms with van der Waals surface area (Å²) in [5.74, 6) is -1.42. The van der Waals surface area contributed by atoms with E-state index in [2.05, 4.69) is 10.4 Å². The van der Waals surface area contributed by atoms with Crippen LogP contribution in [0.3, 0.4) is 0 Å². The van der Waals surface area contributed by atoms with Gasteiger partial charge in [-0.25, -0.2) is 9.07 Å². The zero-order valence-electron chi connectivity index (χ0n) is 18.2. The molecule has 0 radical (unpaired) electrons. The number of aromatic nitrogens is 2. The van der Waals surface area contributed by atoms with E-state index in [0.29, 0.717) is 11.5 Å². The van der Waals surface area contributed by atoms with E-state index in [1.807, 2.05) is 32.9 Å². The molecule has 2 aliphatic carbocycles. The van der Waals surface area contributed by atoms with Crippen molar-refractivity contribution in [2.24, 2.45) is 23.7 Å². The molecule has 2 aromatic rings. The van der Waals surface area contributed by atoms with Crippen molar-refractivity contribution in [2.75, 3.05) is 11.9 Å². The van der Waals surface area contributed by atoms with Gasteiger partial charge in [-0.3, -0.25) is 19.3 Å². The highest BCUT2D eigenvalue weighted by Crippen LogP contribution is 2.52. The first-order valence-electron chi connectivity index (χ1n) is 10.8. The lowest BCUT2D eigenvalue weighted by atomic mass is 9.85. The van der Waals surface area contributed by atoms with Gasteiger partial charge >= 0.3 is 0 Å². The number of imide groups is 1. The summed E-state index contributed by atoms with van der Waals surface area (Å²) in [7, 11) is 0. The predicted molar refractivity (Wildman–Crippen MR) is 115 cm³/mol. The molecule has 166 valence electrons. The predicted octanol–water partition coefficient (Wildman–Crippen LogP) is 3.05. The first-order valence-corrected chi connectivity index (χ1v) is 10.8. The van der Waals surface area contributed by atoms with Crippen LogP contribution in [-0.2, 0) is 19.8 Å². The van der Waals surface area contributed by atoms with Crippen molar-refractivity contribution in [3.8, 4) is 5.69 Å². The van der Waals surface area contributed by atoms with Crippen LogP contribution in [0, 0.1) is 29.5 Å². The van der Waals surface area contributed by atoms with Crippen LogP contribution < -0.4 is 5.32 Å². The number of benzene rings is 1. The van der Waals surface area contributed by atoms with Crippen molar-refractivity contribution in [2.45, 2.75) is 32.6 Å². The average molecular weight is 436 g/mol. The Morgan fingerprint density at radius 3 is 2.25 bits per heavy atom. The van der Waals surface area contributed by atoms with Crippen molar-refractivity contribution in [1.29, 1.82) is 0 Å². The Labute approximate surface area is 185 Å². The maximum atomic E-state index is 13.4. The van der Waals surface area contributed by atoms with E-state index >= 15 is 0 Å². The van der Waals surface area contributed by atoms with Gasteiger partial charge in [0.15, 0.2) is 0 Å². The lowest BCUT2D eigenvalue weighted by molar-refractivity contribution is -0.143. The Balaban J connectivity index is 1.37. The van der Waals surface area contributed by atoms with Crippen molar-refractivity contribution in [3.05, 3.63) is 54.0 Å². The van der Waals surface area contributed by atoms with Gasteiger partial charge in [0.1, 0.15) is 18.2 Å². The van der Waals surface area contributed by atoms with E-state index in [-0.39, 0.29) is 53.3 Å². The third kappa shape index (κ3) is 3.25. The van der Waals surface area contributed by atoms with Gasteiger partial charge in [0.2, 0.25) is 17.7 Å². The molecule has 5 rings (SSSR count). The van der Waals surface area contributed by atoms with Crippen molar-refractivity contribution < 1.29 is 18.8 Å². The first kappa shape index (κ1) is 20.6. The van der Waals surface area contributed by atoms with Crippen LogP contribution in [0.2, 0.25) is 0 Å². The molecule has 8 heteroatoms. The Morgan fingerprint density at radius 2 is 1.69 bits per heavy atom. The summed E-state index contributed by atoms with van der Waals surface area (Å²) in [6.07, 6.45) is 4.89. The van der Waals surface area contributed by atoms with Crippen LogP contribution >= 0.6 is 0 Å². The largest absolute Gasteiger partial charge is 0.309 e. The third-order valence-electron chi connectivity index (χ3n) is 6.68. The molecule has 4 unspecified atom stereocenters. The first-order chi connectivity index (χ1) is 15.1. The number of fused-ring (bicyclic) bond motifs is 5. The van der Waals surface area contributed by atoms with E-state index in [1.54, 1.807) is 18.2 Å². The van der Waals surface area contributed by atoms with Crippen LogP contribution in [-0.4, -0.2) is 38.9 Å². The second-order valence-corrected chi connectivity index (χ2v) is 9.86. The maximum absolute atomic E-state index is 13.4. The topological polar surface area (TPSA) is 84.3 Å². The van der Waals surface area contributed by atoms with E-state index < -0.39 is 5.91 Å². The minimum Gasteiger partial charge on any atom is -0.309 e. The van der Waals surface area contributed by atoms with E-state index in [9.17, 15) is 18.8 Å². The Morgan fingerprint density at radius 1 is 1.09 bits per heavy atom. The molecule has 1 aromatic carbocycles. The number of nitrogens with one attached hydrogen (secondary N) is 1. The lowest BCUT2D eigenvalue weighted by Crippen LogP contribution is -2.39. The smallest absolute Gasteiger partial charge is 0.245 e. The highest BCUT2D eigenvalue weighted by molar-refractivity contribution is 6.09. The van der Waals surface area contributed by atoms with Gasteiger partial charge in [-0.2, -0.15) is 5.10 Å². The molecular weight excluding hydrogens is 411 g/mol. The summed E-state index contributed by atoms with van der Waals surface area (Å²) in [4.78, 5) is 39.7. The molecule has 2 heterocycles. The number of carbonyl (C=O) groups excluding carboxylic acids is 3. The molecule has 1 saturated heterocycles. The summed E-state index contributed by atoms with van der Waals surface area (Å²) in [6.45, 7) is 5.67. The number of carbonyl (C=O) groups is 3. The Kier molecular flexibility index (Phi) is 4.58. The zero-order valence-corrected chi connectivity index (χ0v) is 18.2. The Bertz CT molecular complexity index is 1110. The van der Waals surface area contributed by atoms with Crippen LogP contribution in [0.4, 0.5) is 10.2 Å². The average Bonchev–Trinajstić information content (AvgIpc) is 3.49. The van der Waals surface area contributed by atoms with E-state index in [1.165, 1.54) is 16.8 Å². The maximum Gasteiger partial charge on any atom is 0.245 e. The van der Waals surface area contributed by atoms with Gasteiger partial charge < -0.3 is 5.32 Å². The number of hydrogen-bond donors (Lipinski definition) is 1. The highest BCUT2D eigenvalue weighted by atomic mass is 19.1. The second kappa shape index (κ2) is 7.12. The number of halogens is 1. The molecule has 4 atom stereocenters. The number of hydrogen-bond acceptors (Lipinski definition) is 4. The molecule has 3 aliphatic rings. The molecule has 32 heavy (non-hydrogen) atoms. The number of rotatable bonds is 4. The summed E-state index contributed by atoms with van der Waals surface area (Å²) in [6, 6.07) is 7.54. The van der Waals surface area contributed by atoms with Crippen molar-refractivity contribution in [3.63, 3.8) is 0 Å². The van der Waals surface area contributed by atoms with Gasteiger partial charge in [0.05, 0.1) is 23.2 Å². The number of allylic oxidation sites excluding steroid dienone is 2. The van der Waals surface area contributed by atoms with Crippen LogP contribution in [0.5, 0.6) is 0 Å². The SMILES string of the molecule is CC(C)(C)c1cc(NC(=O)CN2C(=O)C3C4C=CC(C4)C3C2=O)n(-c2ccc(F)cc2)n1.